The molecule has 0 spiro atoms. The molecule has 5 N–H and O–H groups in total. The van der Waals surface area contributed by atoms with E-state index < -0.39 is 18.0 Å². The van der Waals surface area contributed by atoms with Crippen LogP contribution in [0, 0.1) is 7.05 Å². The van der Waals surface area contributed by atoms with Gasteiger partial charge in [0.15, 0.2) is 11.0 Å². The van der Waals surface area contributed by atoms with Crippen molar-refractivity contribution in [2.45, 2.75) is 31.3 Å². The smallest absolute Gasteiger partial charge is 1.00 e. The molecule has 0 aliphatic carbocycles. The summed E-state index contributed by atoms with van der Waals surface area (Å²) in [6.07, 6.45) is 2.90. The molecule has 10 nitrogen and oxygen atoms in total. The first kappa shape index (κ1) is 29.6. The Hall–Kier alpha value is -1.67. The van der Waals surface area contributed by atoms with Crippen molar-refractivity contribution in [3.63, 3.8) is 0 Å². The molecule has 0 unspecified atom stereocenters. The number of guanidine groups is 1. The van der Waals surface area contributed by atoms with E-state index in [0.29, 0.717) is 43.9 Å². The number of nitrogens with two attached hydrogens (primary N) is 2. The predicted octanol–water partition coefficient (Wildman–Crippen LogP) is -2.47. The van der Waals surface area contributed by atoms with Crippen LogP contribution in [0.5, 0.6) is 0 Å². The van der Waals surface area contributed by atoms with Gasteiger partial charge < -0.3 is 28.0 Å². The molecule has 0 bridgehead atoms. The average Bonchev–Trinajstić information content (AvgIpc) is 3.35. The van der Waals surface area contributed by atoms with E-state index in [9.17, 15) is 14.4 Å². The second-order valence-corrected chi connectivity index (χ2v) is 8.94. The van der Waals surface area contributed by atoms with Crippen molar-refractivity contribution in [3.8, 4) is 0 Å². The fraction of sp³-hybridized carbons (Fsp3) is 0.391. The molecule has 1 aliphatic heterocycles. The maximum absolute atomic E-state index is 13.1. The molecule has 0 radical (unpaired) electrons. The van der Waals surface area contributed by atoms with Crippen molar-refractivity contribution >= 4 is 34.9 Å². The summed E-state index contributed by atoms with van der Waals surface area (Å²) in [6, 6.07) is 8.47. The van der Waals surface area contributed by atoms with Gasteiger partial charge in [-0.1, -0.05) is 30.3 Å². The van der Waals surface area contributed by atoms with Gasteiger partial charge in [-0.15, -0.1) is 11.3 Å². The van der Waals surface area contributed by atoms with Crippen molar-refractivity contribution < 1.29 is 67.2 Å². The Morgan fingerprint density at radius 1 is 1.29 bits per heavy atom. The fourth-order valence-corrected chi connectivity index (χ4v) is 4.40. The molecule has 12 heteroatoms. The molecular weight excluding hydrogens is 493 g/mol. The molecule has 2 aromatic rings. The zero-order chi connectivity index (χ0) is 24.5. The molecule has 1 aromatic heterocycles. The molecule has 1 saturated heterocycles. The summed E-state index contributed by atoms with van der Waals surface area (Å²) in [7, 11) is 4.00. The van der Waals surface area contributed by atoms with Crippen LogP contribution in [0.3, 0.4) is 0 Å². The molecule has 3 rings (SSSR count). The Bertz CT molecular complexity index is 1010. The van der Waals surface area contributed by atoms with E-state index in [1.54, 1.807) is 16.5 Å². The van der Waals surface area contributed by atoms with Crippen molar-refractivity contribution in [2.24, 2.45) is 16.5 Å². The third-order valence-corrected chi connectivity index (χ3v) is 6.33. The quantitative estimate of drug-likeness (QED) is 0.0734. The van der Waals surface area contributed by atoms with Gasteiger partial charge >= 0.3 is 51.4 Å². The van der Waals surface area contributed by atoms with Gasteiger partial charge in [0.2, 0.25) is 17.6 Å². The summed E-state index contributed by atoms with van der Waals surface area (Å²) >= 11 is 1.21. The van der Waals surface area contributed by atoms with E-state index in [2.05, 4.69) is 22.3 Å². The Labute approximate surface area is 253 Å². The number of nitrogens with zero attached hydrogens (tertiary/aromatic N) is 4. The number of piperazine rings is 1. The molecular formula is C23H31KN7O3S-. The Morgan fingerprint density at radius 3 is 2.69 bits per heavy atom. The summed E-state index contributed by atoms with van der Waals surface area (Å²) in [5, 5.41) is 4.80. The number of thiazole rings is 1. The first-order valence-corrected chi connectivity index (χ1v) is 11.9. The van der Waals surface area contributed by atoms with Crippen LogP contribution in [-0.4, -0.2) is 76.6 Å². The number of hydrogen-bond donors (Lipinski definition) is 3. The van der Waals surface area contributed by atoms with E-state index in [1.807, 2.05) is 30.3 Å². The number of carbonyl (C=O) groups is 3. The summed E-state index contributed by atoms with van der Waals surface area (Å²) in [6.45, 7) is 1.14. The molecule has 2 atom stereocenters. The van der Waals surface area contributed by atoms with Crippen LogP contribution < -0.4 is 68.2 Å². The van der Waals surface area contributed by atoms with Gasteiger partial charge in [0.05, 0.1) is 18.6 Å². The van der Waals surface area contributed by atoms with Crippen LogP contribution in [0.15, 0.2) is 46.9 Å². The third kappa shape index (κ3) is 9.05. The first-order chi connectivity index (χ1) is 16.3. The minimum Gasteiger partial charge on any atom is -1.00 e. The summed E-state index contributed by atoms with van der Waals surface area (Å²) < 4.78 is 0. The average molecular weight is 527 g/mol. The van der Waals surface area contributed by atoms with Crippen LogP contribution in [0.4, 0.5) is 0 Å². The van der Waals surface area contributed by atoms with Crippen molar-refractivity contribution in [2.75, 3.05) is 26.2 Å². The monoisotopic (exact) mass is 526 g/mol. The number of carbonyl (C=O) groups excluding carboxylic acids is 3. The predicted molar refractivity (Wildman–Crippen MR) is 132 cm³/mol. The van der Waals surface area contributed by atoms with Crippen LogP contribution in [0.25, 0.3) is 0 Å². The minimum atomic E-state index is -0.780. The molecule has 35 heavy (non-hydrogen) atoms. The van der Waals surface area contributed by atoms with Gasteiger partial charge in [-0.05, 0) is 31.4 Å². The second kappa shape index (κ2) is 14.8. The summed E-state index contributed by atoms with van der Waals surface area (Å²) in [5.41, 5.74) is 11.7. The van der Waals surface area contributed by atoms with Gasteiger partial charge in [0.1, 0.15) is 0 Å². The van der Waals surface area contributed by atoms with E-state index >= 15 is 0 Å². The number of hydrogen-bond acceptors (Lipinski definition) is 7. The zero-order valence-electron chi connectivity index (χ0n) is 20.9. The van der Waals surface area contributed by atoms with Gasteiger partial charge in [-0.3, -0.25) is 26.4 Å². The molecule has 1 aromatic carbocycles. The Kier molecular flexibility index (Phi) is 12.5. The van der Waals surface area contributed by atoms with Crippen LogP contribution in [-0.2, 0) is 16.0 Å². The van der Waals surface area contributed by atoms with Crippen molar-refractivity contribution in [3.05, 3.63) is 59.5 Å². The van der Waals surface area contributed by atoms with Crippen molar-refractivity contribution in [1.29, 1.82) is 0 Å². The standard InChI is InChI=1S/C23H30N7O3S.K.H/c1-29-11-12-30(22(33)18(29)14-16-6-3-2-4-7-16)15-19(31)28-17(8-5-9-27-23(24)25)20(32)21-26-10-13-34-21;;/h2-4,6-7,10,13,17-18H,1,5,8-9,11-12,14-15H2,(H,28,31)(H4,24,25,27);;/q-1;+1;-1/t17-,18+;;/m0../s1/i;;1+2. The zero-order valence-corrected chi connectivity index (χ0v) is 23.9. The van der Waals surface area contributed by atoms with Crippen LogP contribution in [0.2, 0.25) is 0 Å². The van der Waals surface area contributed by atoms with E-state index in [0.717, 1.165) is 5.56 Å². The van der Waals surface area contributed by atoms with E-state index in [1.165, 1.54) is 16.2 Å². The van der Waals surface area contributed by atoms with E-state index in [-0.39, 0.29) is 77.0 Å². The van der Waals surface area contributed by atoms with Crippen molar-refractivity contribution in [1.82, 2.24) is 20.1 Å². The Morgan fingerprint density at radius 2 is 2.03 bits per heavy atom. The number of rotatable bonds is 11. The van der Waals surface area contributed by atoms with Crippen LogP contribution >= 0.6 is 11.3 Å². The number of aromatic nitrogens is 1. The number of aliphatic imine (C=N–C) groups is 1. The molecule has 184 valence electrons. The Balaban J connectivity index is 0.00000324. The maximum atomic E-state index is 13.1. The third-order valence-electron chi connectivity index (χ3n) is 5.54. The second-order valence-electron chi connectivity index (χ2n) is 8.05. The van der Waals surface area contributed by atoms with Gasteiger partial charge in [0, 0.05) is 24.7 Å². The van der Waals surface area contributed by atoms with Gasteiger partial charge in [0.25, 0.3) is 0 Å². The number of nitrogens with one attached hydrogen (secondary N) is 1. The number of ketones is 1. The summed E-state index contributed by atoms with van der Waals surface area (Å²) in [5.74, 6) is -0.860. The topological polar surface area (TPSA) is 147 Å². The van der Waals surface area contributed by atoms with E-state index in [4.69, 9.17) is 11.5 Å². The minimum absolute atomic E-state index is 0. The van der Waals surface area contributed by atoms with Crippen LogP contribution in [0.1, 0.15) is 29.6 Å². The largest absolute Gasteiger partial charge is 1.00 e. The molecule has 1 aliphatic rings. The number of amides is 2. The normalized spacial score (nSPS) is 16.8. The SMILES string of the molecule is [3H-].[CH2-]N1CCN(CC(=O)N[C@@H](CCCN=C(N)N)C(=O)c2nccs2)C(=O)[C@H]1Cc1ccccc1.[K+]. The molecule has 0 saturated carbocycles. The number of benzene rings is 1. The summed E-state index contributed by atoms with van der Waals surface area (Å²) in [4.78, 5) is 50.1. The molecule has 2 heterocycles. The maximum Gasteiger partial charge on any atom is 1.00 e. The van der Waals surface area contributed by atoms with Gasteiger partial charge in [-0.25, -0.2) is 4.98 Å². The fourth-order valence-electron chi connectivity index (χ4n) is 3.77. The van der Waals surface area contributed by atoms with Gasteiger partial charge in [-0.2, -0.15) is 0 Å². The number of Topliss-reactive ketones (excluding diaryl/α,β-unsaturated/α-hetero) is 1. The molecule has 1 fully saturated rings. The first-order valence-electron chi connectivity index (χ1n) is 11.0. The molecule has 2 amide bonds.